The van der Waals surface area contributed by atoms with Crippen molar-refractivity contribution in [2.24, 2.45) is 5.73 Å². The molecule has 1 heterocycles. The highest BCUT2D eigenvalue weighted by Crippen LogP contribution is 2.23. The summed E-state index contributed by atoms with van der Waals surface area (Å²) in [5.74, 6) is -2.25. The molecule has 0 fully saturated rings. The van der Waals surface area contributed by atoms with E-state index in [0.29, 0.717) is 0 Å². The summed E-state index contributed by atoms with van der Waals surface area (Å²) >= 11 is 11.4. The second-order valence-corrected chi connectivity index (χ2v) is 4.76. The smallest absolute Gasteiger partial charge is 0.247 e. The molecular formula is C9H11Cl2FN4O2. The van der Waals surface area contributed by atoms with Crippen LogP contribution >= 0.6 is 23.2 Å². The van der Waals surface area contributed by atoms with Gasteiger partial charge in [0.1, 0.15) is 4.84 Å². The predicted molar refractivity (Wildman–Crippen MR) is 63.4 cm³/mol. The summed E-state index contributed by atoms with van der Waals surface area (Å²) in [5.41, 5.74) is 3.40. The van der Waals surface area contributed by atoms with E-state index >= 15 is 0 Å². The molecule has 18 heavy (non-hydrogen) atoms. The van der Waals surface area contributed by atoms with E-state index in [1.54, 1.807) is 0 Å². The standard InChI is InChI=1S/C9H11Cl2FN4O2/c1-5(17)15-9(7(10)11,8(13)18)3-16-4-14-2-6(16)12/h2,4,7H,3H2,1H3,(H2,13,18)(H,15,17). The molecule has 1 aromatic rings. The number of alkyl halides is 2. The van der Waals surface area contributed by atoms with Gasteiger partial charge in [-0.25, -0.2) is 4.98 Å². The van der Waals surface area contributed by atoms with Crippen molar-refractivity contribution in [2.75, 3.05) is 0 Å². The SMILES string of the molecule is CC(=O)NC(Cn1cncc1F)(C(N)=O)C(Cl)Cl. The van der Waals surface area contributed by atoms with Crippen molar-refractivity contribution in [1.29, 1.82) is 0 Å². The Morgan fingerprint density at radius 2 is 2.28 bits per heavy atom. The number of carbonyl (C=O) groups is 2. The van der Waals surface area contributed by atoms with Crippen LogP contribution in [-0.4, -0.2) is 31.7 Å². The number of nitrogens with one attached hydrogen (secondary N) is 1. The van der Waals surface area contributed by atoms with Crippen molar-refractivity contribution >= 4 is 35.0 Å². The summed E-state index contributed by atoms with van der Waals surface area (Å²) in [6.45, 7) is 0.809. The first-order valence-corrected chi connectivity index (χ1v) is 5.69. The van der Waals surface area contributed by atoms with Gasteiger partial charge >= 0.3 is 0 Å². The number of amides is 2. The van der Waals surface area contributed by atoms with Gasteiger partial charge in [0.25, 0.3) is 0 Å². The maximum atomic E-state index is 13.3. The van der Waals surface area contributed by atoms with Crippen LogP contribution in [-0.2, 0) is 16.1 Å². The van der Waals surface area contributed by atoms with Crippen molar-refractivity contribution in [1.82, 2.24) is 14.9 Å². The van der Waals surface area contributed by atoms with Gasteiger partial charge in [0, 0.05) is 6.92 Å². The maximum Gasteiger partial charge on any atom is 0.247 e. The second kappa shape index (κ2) is 5.53. The Morgan fingerprint density at radius 3 is 2.61 bits per heavy atom. The zero-order chi connectivity index (χ0) is 13.9. The van der Waals surface area contributed by atoms with Gasteiger partial charge in [0.05, 0.1) is 19.1 Å². The molecule has 1 aromatic heterocycles. The first kappa shape index (κ1) is 14.7. The van der Waals surface area contributed by atoms with Crippen molar-refractivity contribution in [3.05, 3.63) is 18.5 Å². The molecular weight excluding hydrogens is 286 g/mol. The van der Waals surface area contributed by atoms with Crippen LogP contribution in [0.1, 0.15) is 6.92 Å². The van der Waals surface area contributed by atoms with Gasteiger partial charge in [0.15, 0.2) is 5.54 Å². The number of nitrogens with zero attached hydrogens (tertiary/aromatic N) is 2. The average molecular weight is 297 g/mol. The summed E-state index contributed by atoms with van der Waals surface area (Å²) in [5, 5.41) is 2.27. The van der Waals surface area contributed by atoms with Crippen molar-refractivity contribution < 1.29 is 14.0 Å². The average Bonchev–Trinajstić information content (AvgIpc) is 2.61. The minimum absolute atomic E-state index is 0.356. The number of imidazole rings is 1. The van der Waals surface area contributed by atoms with Crippen LogP contribution in [0, 0.1) is 5.95 Å². The molecule has 1 atom stereocenters. The fourth-order valence-corrected chi connectivity index (χ4v) is 1.88. The van der Waals surface area contributed by atoms with Crippen molar-refractivity contribution in [3.63, 3.8) is 0 Å². The maximum absolute atomic E-state index is 13.3. The molecule has 0 saturated heterocycles. The minimum Gasteiger partial charge on any atom is -0.367 e. The monoisotopic (exact) mass is 296 g/mol. The zero-order valence-corrected chi connectivity index (χ0v) is 10.9. The lowest BCUT2D eigenvalue weighted by atomic mass is 10.0. The van der Waals surface area contributed by atoms with Gasteiger partial charge in [-0.1, -0.05) is 0 Å². The summed E-state index contributed by atoms with van der Waals surface area (Å²) in [7, 11) is 0. The number of aromatic nitrogens is 2. The molecule has 0 aromatic carbocycles. The van der Waals surface area contributed by atoms with Crippen LogP contribution in [0.5, 0.6) is 0 Å². The van der Waals surface area contributed by atoms with Crippen LogP contribution in [0.4, 0.5) is 4.39 Å². The summed E-state index contributed by atoms with van der Waals surface area (Å²) in [4.78, 5) is 24.8. The van der Waals surface area contributed by atoms with Crippen LogP contribution in [0.3, 0.4) is 0 Å². The number of hydrogen-bond acceptors (Lipinski definition) is 3. The molecule has 1 unspecified atom stereocenters. The number of primary amides is 1. The number of nitrogens with two attached hydrogens (primary N) is 1. The molecule has 0 spiro atoms. The van der Waals surface area contributed by atoms with E-state index in [1.807, 2.05) is 0 Å². The minimum atomic E-state index is -1.81. The highest BCUT2D eigenvalue weighted by molar-refractivity contribution is 6.46. The van der Waals surface area contributed by atoms with E-state index in [2.05, 4.69) is 10.3 Å². The summed E-state index contributed by atoms with van der Waals surface area (Å²) in [6.07, 6.45) is 2.07. The van der Waals surface area contributed by atoms with Gasteiger partial charge in [-0.15, -0.1) is 23.2 Å². The topological polar surface area (TPSA) is 90.0 Å². The highest BCUT2D eigenvalue weighted by atomic mass is 35.5. The lowest BCUT2D eigenvalue weighted by Gasteiger charge is -2.32. The first-order valence-electron chi connectivity index (χ1n) is 4.82. The van der Waals surface area contributed by atoms with Gasteiger partial charge in [-0.2, -0.15) is 4.39 Å². The van der Waals surface area contributed by atoms with E-state index in [1.165, 1.54) is 0 Å². The molecule has 2 amide bonds. The molecule has 0 aliphatic carbocycles. The van der Waals surface area contributed by atoms with E-state index in [0.717, 1.165) is 24.0 Å². The van der Waals surface area contributed by atoms with E-state index < -0.39 is 28.1 Å². The molecule has 0 aliphatic heterocycles. The number of halogens is 3. The number of rotatable bonds is 5. The molecule has 1 rings (SSSR count). The normalized spacial score (nSPS) is 14.3. The van der Waals surface area contributed by atoms with E-state index in [9.17, 15) is 14.0 Å². The fourth-order valence-electron chi connectivity index (χ4n) is 1.41. The molecule has 0 bridgehead atoms. The lowest BCUT2D eigenvalue weighted by Crippen LogP contribution is -2.63. The van der Waals surface area contributed by atoms with Crippen LogP contribution in [0.25, 0.3) is 0 Å². The molecule has 9 heteroatoms. The largest absolute Gasteiger partial charge is 0.367 e. The van der Waals surface area contributed by atoms with Crippen molar-refractivity contribution in [2.45, 2.75) is 23.8 Å². The quantitative estimate of drug-likeness (QED) is 0.760. The molecule has 0 radical (unpaired) electrons. The number of hydrogen-bond donors (Lipinski definition) is 2. The fraction of sp³-hybridized carbons (Fsp3) is 0.444. The zero-order valence-electron chi connectivity index (χ0n) is 9.36. The van der Waals surface area contributed by atoms with Gasteiger partial charge < -0.3 is 15.6 Å². The number of carbonyl (C=O) groups excluding carboxylic acids is 2. The first-order chi connectivity index (χ1) is 8.29. The Bertz CT molecular complexity index is 465. The summed E-state index contributed by atoms with van der Waals surface area (Å²) < 4.78 is 14.3. The van der Waals surface area contributed by atoms with E-state index in [4.69, 9.17) is 28.9 Å². The molecule has 6 nitrogen and oxygen atoms in total. The Balaban J connectivity index is 3.14. The van der Waals surface area contributed by atoms with Crippen LogP contribution < -0.4 is 11.1 Å². The van der Waals surface area contributed by atoms with Gasteiger partial charge in [0.2, 0.25) is 17.8 Å². The Hall–Kier alpha value is -1.34. The highest BCUT2D eigenvalue weighted by Gasteiger charge is 2.44. The molecule has 3 N–H and O–H groups in total. The van der Waals surface area contributed by atoms with E-state index in [-0.39, 0.29) is 6.54 Å². The van der Waals surface area contributed by atoms with Crippen LogP contribution in [0.15, 0.2) is 12.5 Å². The molecule has 0 aliphatic rings. The lowest BCUT2D eigenvalue weighted by molar-refractivity contribution is -0.130. The Kier molecular flexibility index (Phi) is 4.53. The Morgan fingerprint density at radius 1 is 1.67 bits per heavy atom. The summed E-state index contributed by atoms with van der Waals surface area (Å²) in [6, 6.07) is 0. The van der Waals surface area contributed by atoms with Gasteiger partial charge in [-0.05, 0) is 0 Å². The molecule has 100 valence electrons. The second-order valence-electron chi connectivity index (χ2n) is 3.66. The predicted octanol–water partition coefficient (Wildman–Crippen LogP) is 0.186. The third-order valence-corrected chi connectivity index (χ3v) is 3.04. The Labute approximate surface area is 112 Å². The third-order valence-electron chi connectivity index (χ3n) is 2.29. The third kappa shape index (κ3) is 2.91. The van der Waals surface area contributed by atoms with Crippen molar-refractivity contribution in [3.8, 4) is 0 Å². The van der Waals surface area contributed by atoms with Gasteiger partial charge in [-0.3, -0.25) is 9.59 Å². The molecule has 0 saturated carbocycles. The van der Waals surface area contributed by atoms with Crippen LogP contribution in [0.2, 0.25) is 0 Å².